The summed E-state index contributed by atoms with van der Waals surface area (Å²) in [5, 5.41) is 2.63. The Morgan fingerprint density at radius 1 is 0.952 bits per heavy atom. The van der Waals surface area contributed by atoms with Crippen LogP contribution in [0.2, 0.25) is 0 Å². The fourth-order valence-corrected chi connectivity index (χ4v) is 1.71. The molecule has 2 aliphatic carbocycles. The van der Waals surface area contributed by atoms with E-state index in [9.17, 15) is 4.79 Å². The molecule has 0 aliphatic heterocycles. The summed E-state index contributed by atoms with van der Waals surface area (Å²) < 4.78 is 0. The van der Waals surface area contributed by atoms with Crippen molar-refractivity contribution in [2.24, 2.45) is 0 Å². The van der Waals surface area contributed by atoms with E-state index in [4.69, 9.17) is 0 Å². The van der Waals surface area contributed by atoms with Gasteiger partial charge in [-0.05, 0) is 69.4 Å². The van der Waals surface area contributed by atoms with Crippen LogP contribution in [0.1, 0.15) is 12.5 Å². The van der Waals surface area contributed by atoms with Gasteiger partial charge >= 0.3 is 17.1 Å². The molecule has 0 aromatic carbocycles. The van der Waals surface area contributed by atoms with Crippen LogP contribution < -0.4 is 5.32 Å². The second kappa shape index (κ2) is 9.96. The van der Waals surface area contributed by atoms with Crippen molar-refractivity contribution in [3.63, 3.8) is 0 Å². The first-order chi connectivity index (χ1) is 9.75. The van der Waals surface area contributed by atoms with Crippen LogP contribution in [0.4, 0.5) is 5.82 Å². The van der Waals surface area contributed by atoms with Gasteiger partial charge in [-0.2, -0.15) is 0 Å². The molecule has 1 amide bonds. The van der Waals surface area contributed by atoms with Crippen molar-refractivity contribution >= 4 is 11.7 Å². The topological polar surface area (TPSA) is 42.0 Å². The number of nitrogens with zero attached hydrogens (tertiary/aromatic N) is 1. The smallest absolute Gasteiger partial charge is 0.311 e. The second-order valence-electron chi connectivity index (χ2n) is 4.25. The Hall–Kier alpha value is -0.861. The van der Waals surface area contributed by atoms with Gasteiger partial charge in [0.25, 0.3) is 0 Å². The van der Waals surface area contributed by atoms with Gasteiger partial charge in [0.2, 0.25) is 5.91 Å². The fourth-order valence-electron chi connectivity index (χ4n) is 1.71. The quantitative estimate of drug-likeness (QED) is 0.852. The molecule has 2 saturated carbocycles. The molecule has 2 fully saturated rings. The largest absolute Gasteiger partial charge is 2.00 e. The number of amides is 1. The summed E-state index contributed by atoms with van der Waals surface area (Å²) >= 11 is 0. The molecular weight excluding hydrogens is 304 g/mol. The zero-order chi connectivity index (χ0) is 14.2. The van der Waals surface area contributed by atoms with E-state index in [0.717, 1.165) is 11.5 Å². The Balaban J connectivity index is 0.000000313. The van der Waals surface area contributed by atoms with Gasteiger partial charge in [0.15, 0.2) is 0 Å². The number of aromatic nitrogens is 1. The van der Waals surface area contributed by atoms with Crippen LogP contribution in [0.5, 0.6) is 0 Å². The fraction of sp³-hybridized carbons (Fsp3) is 0.0588. The van der Waals surface area contributed by atoms with E-state index in [-0.39, 0.29) is 23.0 Å². The maximum atomic E-state index is 10.8. The molecule has 1 N–H and O–H groups in total. The third-order valence-electron chi connectivity index (χ3n) is 2.62. The van der Waals surface area contributed by atoms with Crippen molar-refractivity contribution in [3.05, 3.63) is 87.6 Å². The van der Waals surface area contributed by atoms with Crippen LogP contribution in [0.15, 0.2) is 18.3 Å². The van der Waals surface area contributed by atoms with Gasteiger partial charge < -0.3 is 5.32 Å². The Morgan fingerprint density at radius 2 is 1.52 bits per heavy atom. The maximum absolute atomic E-state index is 10.8. The van der Waals surface area contributed by atoms with Crippen LogP contribution in [-0.2, 0) is 21.9 Å². The Bertz CT molecular complexity index is 402. The molecule has 3 rings (SSSR count). The summed E-state index contributed by atoms with van der Waals surface area (Å²) in [7, 11) is 0. The molecule has 3 nitrogen and oxygen atoms in total. The van der Waals surface area contributed by atoms with Gasteiger partial charge in [-0.1, -0.05) is 6.07 Å². The molecule has 0 saturated heterocycles. The van der Waals surface area contributed by atoms with Crippen molar-refractivity contribution in [2.75, 3.05) is 5.32 Å². The second-order valence-corrected chi connectivity index (χ2v) is 4.25. The van der Waals surface area contributed by atoms with Crippen molar-refractivity contribution in [1.82, 2.24) is 4.98 Å². The Morgan fingerprint density at radius 3 is 1.95 bits per heavy atom. The zero-order valence-electron chi connectivity index (χ0n) is 11.6. The molecule has 1 aromatic heterocycles. The molecule has 0 spiro atoms. The predicted octanol–water partition coefficient (Wildman–Crippen LogP) is 2.81. The molecule has 1 aromatic rings. The van der Waals surface area contributed by atoms with Gasteiger partial charge in [-0.15, -0.1) is 0 Å². The number of carbonyl (C=O) groups is 1. The minimum atomic E-state index is -0.108. The average Bonchev–Trinajstić information content (AvgIpc) is 3.15. The van der Waals surface area contributed by atoms with Crippen molar-refractivity contribution in [2.45, 2.75) is 6.92 Å². The summed E-state index contributed by atoms with van der Waals surface area (Å²) in [5.41, 5.74) is 1.05. The van der Waals surface area contributed by atoms with E-state index in [0.29, 0.717) is 5.82 Å². The van der Waals surface area contributed by atoms with Gasteiger partial charge in [0, 0.05) is 19.0 Å². The number of hydrogen-bond acceptors (Lipinski definition) is 2. The minimum Gasteiger partial charge on any atom is -0.311 e. The van der Waals surface area contributed by atoms with Crippen LogP contribution in [0.25, 0.3) is 0 Å². The molecule has 21 heavy (non-hydrogen) atoms. The average molecular weight is 320 g/mol. The van der Waals surface area contributed by atoms with Gasteiger partial charge in [-0.3, -0.25) is 4.79 Å². The third-order valence-corrected chi connectivity index (χ3v) is 2.62. The van der Waals surface area contributed by atoms with Crippen LogP contribution >= 0.6 is 0 Å². The van der Waals surface area contributed by atoms with E-state index >= 15 is 0 Å². The Kier molecular flexibility index (Phi) is 8.63. The van der Waals surface area contributed by atoms with E-state index in [1.165, 1.54) is 6.92 Å². The van der Waals surface area contributed by atoms with Gasteiger partial charge in [-0.25, -0.2) is 4.98 Å². The SMILES string of the molecule is CC(=O)Nc1ccc([C]2[CH][CH][CH][CH]2)cn1.[CH]1[CH][CH][CH][CH]1.[Fe+2]. The molecular formula is C17H16FeN2O+2. The molecule has 4 heteroatoms. The summed E-state index contributed by atoms with van der Waals surface area (Å²) in [6, 6.07) is 3.73. The van der Waals surface area contributed by atoms with E-state index in [1.54, 1.807) is 12.3 Å². The Labute approximate surface area is 138 Å². The van der Waals surface area contributed by atoms with E-state index in [2.05, 4.69) is 10.3 Å². The van der Waals surface area contributed by atoms with Crippen LogP contribution in [-0.4, -0.2) is 10.9 Å². The number of hydrogen-bond donors (Lipinski definition) is 1. The first kappa shape index (κ1) is 18.2. The molecule has 1 heterocycles. The molecule has 0 atom stereocenters. The predicted molar refractivity (Wildman–Crippen MR) is 79.6 cm³/mol. The van der Waals surface area contributed by atoms with Crippen LogP contribution in [0.3, 0.4) is 0 Å². The standard InChI is InChI=1S/C12H11N2O.C5H5.Fe/c1-9(15)14-12-7-6-11(8-13-12)10-4-2-3-5-10;1-2-4-5-3-1;/h2-8H,1H3,(H,13,14,15);1-5H;/q;;+2. The number of anilines is 1. The molecule has 0 unspecified atom stereocenters. The van der Waals surface area contributed by atoms with E-state index in [1.807, 2.05) is 63.9 Å². The monoisotopic (exact) mass is 320 g/mol. The van der Waals surface area contributed by atoms with Crippen molar-refractivity contribution in [3.8, 4) is 0 Å². The van der Waals surface area contributed by atoms with E-state index < -0.39 is 0 Å². The molecule has 106 valence electrons. The van der Waals surface area contributed by atoms with Crippen molar-refractivity contribution in [1.29, 1.82) is 0 Å². The zero-order valence-corrected chi connectivity index (χ0v) is 12.7. The number of carbonyl (C=O) groups excluding carboxylic acids is 1. The maximum Gasteiger partial charge on any atom is 2.00 e. The number of pyridine rings is 1. The normalized spacial score (nSPS) is 17.6. The third kappa shape index (κ3) is 6.62. The van der Waals surface area contributed by atoms with Crippen molar-refractivity contribution < 1.29 is 21.9 Å². The summed E-state index contributed by atoms with van der Waals surface area (Å²) in [5.74, 6) is 1.61. The molecule has 2 aliphatic rings. The summed E-state index contributed by atoms with van der Waals surface area (Å²) in [6.45, 7) is 1.47. The molecule has 0 bridgehead atoms. The van der Waals surface area contributed by atoms with Crippen LogP contribution in [0, 0.1) is 63.7 Å². The minimum absolute atomic E-state index is 0. The first-order valence-electron chi connectivity index (χ1n) is 6.38. The summed E-state index contributed by atoms with van der Waals surface area (Å²) in [4.78, 5) is 14.9. The number of nitrogens with one attached hydrogen (secondary N) is 1. The molecule has 10 radical (unpaired) electrons. The first-order valence-corrected chi connectivity index (χ1v) is 6.38. The van der Waals surface area contributed by atoms with Gasteiger partial charge in [0.05, 0.1) is 0 Å². The number of rotatable bonds is 2. The summed E-state index contributed by atoms with van der Waals surface area (Å²) in [6.07, 6.45) is 19.8. The van der Waals surface area contributed by atoms with Gasteiger partial charge in [0.1, 0.15) is 5.82 Å².